The highest BCUT2D eigenvalue weighted by Gasteiger charge is 2.35. The molecule has 5 rings (SSSR count). The Balaban J connectivity index is 0.000000246. The Morgan fingerprint density at radius 2 is 1.77 bits per heavy atom. The summed E-state index contributed by atoms with van der Waals surface area (Å²) in [7, 11) is 1.28. The maximum absolute atomic E-state index is 12.6. The molecule has 3 heterocycles. The number of alkyl halides is 3. The van der Waals surface area contributed by atoms with E-state index in [9.17, 15) is 18.0 Å². The molecule has 260 valence electrons. The van der Waals surface area contributed by atoms with Crippen LogP contribution in [0.1, 0.15) is 98.6 Å². The van der Waals surface area contributed by atoms with Crippen molar-refractivity contribution in [1.29, 1.82) is 0 Å². The predicted octanol–water partition coefficient (Wildman–Crippen LogP) is 9.40. The van der Waals surface area contributed by atoms with Crippen LogP contribution in [0.4, 0.5) is 13.2 Å². The van der Waals surface area contributed by atoms with Gasteiger partial charge in [-0.15, -0.1) is 0 Å². The fourth-order valence-electron chi connectivity index (χ4n) is 5.19. The number of carbonyl (C=O) groups is 1. The van der Waals surface area contributed by atoms with Crippen LogP contribution in [0.15, 0.2) is 53.5 Å². The first-order valence-electron chi connectivity index (χ1n) is 16.7. The molecular weight excluding hydrogens is 632 g/mol. The number of amides is 1. The lowest BCUT2D eigenvalue weighted by Crippen LogP contribution is -2.34. The minimum absolute atomic E-state index is 0.0667. The fraction of sp³-hybridized carbons (Fsp3) is 0.486. The number of benzene rings is 1. The van der Waals surface area contributed by atoms with E-state index in [4.69, 9.17) is 9.97 Å². The van der Waals surface area contributed by atoms with E-state index < -0.39 is 11.9 Å². The van der Waals surface area contributed by atoms with E-state index in [-0.39, 0.29) is 13.8 Å². The van der Waals surface area contributed by atoms with Crippen molar-refractivity contribution < 1.29 is 18.0 Å². The number of allylic oxidation sites excluding steroid dienone is 2. The fourth-order valence-corrected chi connectivity index (χ4v) is 5.85. The van der Waals surface area contributed by atoms with Gasteiger partial charge in [0.15, 0.2) is 11.5 Å². The number of aliphatic imine (C=N–C) groups is 1. The van der Waals surface area contributed by atoms with Gasteiger partial charge >= 0.3 is 6.18 Å². The van der Waals surface area contributed by atoms with Crippen molar-refractivity contribution in [3.63, 3.8) is 0 Å². The Bertz CT molecular complexity index is 1620. The zero-order valence-corrected chi connectivity index (χ0v) is 30.5. The minimum Gasteiger partial charge on any atom is -0.352 e. The topological polar surface area (TPSA) is 85.1 Å². The van der Waals surface area contributed by atoms with Gasteiger partial charge in [0, 0.05) is 49.5 Å². The van der Waals surface area contributed by atoms with Gasteiger partial charge < -0.3 is 9.88 Å². The smallest absolute Gasteiger partial charge is 0.352 e. The van der Waals surface area contributed by atoms with Crippen LogP contribution in [-0.2, 0) is 26.1 Å². The van der Waals surface area contributed by atoms with Gasteiger partial charge in [0.05, 0.1) is 22.7 Å². The average Bonchev–Trinajstić information content (AvgIpc) is 3.80. The van der Waals surface area contributed by atoms with Crippen molar-refractivity contribution in [3.05, 3.63) is 82.6 Å². The summed E-state index contributed by atoms with van der Waals surface area (Å²) < 4.78 is 39.3. The summed E-state index contributed by atoms with van der Waals surface area (Å²) in [6.45, 7) is 19.3. The molecule has 1 fully saturated rings. The highest BCUT2D eigenvalue weighted by molar-refractivity contribution is 7.60. The Morgan fingerprint density at radius 3 is 2.29 bits per heavy atom. The second-order valence-corrected chi connectivity index (χ2v) is 14.8. The number of hydrogen-bond acceptors (Lipinski definition) is 5. The van der Waals surface area contributed by atoms with E-state index in [2.05, 4.69) is 62.9 Å². The summed E-state index contributed by atoms with van der Waals surface area (Å²) in [5.74, 6) is 1.45. The molecule has 11 heteroatoms. The molecule has 1 aromatic carbocycles. The molecule has 0 spiro atoms. The zero-order chi connectivity index (χ0) is 35.6. The summed E-state index contributed by atoms with van der Waals surface area (Å²) in [6.07, 6.45) is 5.75. The van der Waals surface area contributed by atoms with Crippen molar-refractivity contribution >= 4 is 25.1 Å². The molecular formula is C37H50F3N6OP. The molecule has 0 unspecified atom stereocenters. The molecule has 48 heavy (non-hydrogen) atoms. The van der Waals surface area contributed by atoms with E-state index in [0.717, 1.165) is 67.4 Å². The molecule has 1 saturated carbocycles. The van der Waals surface area contributed by atoms with Crippen LogP contribution in [0.5, 0.6) is 0 Å². The predicted molar refractivity (Wildman–Crippen MR) is 193 cm³/mol. The molecule has 0 radical (unpaired) electrons. The summed E-state index contributed by atoms with van der Waals surface area (Å²) in [6, 6.07) is 7.56. The SMILES string of the molecule is C=CN=C(/C(=C(\C)P(C)C)c1nc(C)c2c(n1)CCNC2=O)C1CC1.CCC.CCCCc1ccc(-c2nc(C(F)(F)F)cn2C)cc1. The van der Waals surface area contributed by atoms with Gasteiger partial charge in [-0.25, -0.2) is 15.0 Å². The molecule has 0 saturated heterocycles. The molecule has 1 N–H and O–H groups in total. The monoisotopic (exact) mass is 682 g/mol. The van der Waals surface area contributed by atoms with Crippen molar-refractivity contribution in [2.75, 3.05) is 19.9 Å². The van der Waals surface area contributed by atoms with Crippen LogP contribution < -0.4 is 5.32 Å². The number of aryl methyl sites for hydroxylation is 3. The number of hydrogen-bond donors (Lipinski definition) is 1. The number of nitrogens with one attached hydrogen (secondary N) is 1. The summed E-state index contributed by atoms with van der Waals surface area (Å²) in [5, 5.41) is 4.17. The number of fused-ring (bicyclic) bond motifs is 1. The molecule has 2 aromatic heterocycles. The molecule has 1 aliphatic heterocycles. The lowest BCUT2D eigenvalue weighted by Gasteiger charge is -2.21. The van der Waals surface area contributed by atoms with Gasteiger partial charge in [0.2, 0.25) is 0 Å². The average molecular weight is 683 g/mol. The molecule has 1 aliphatic carbocycles. The van der Waals surface area contributed by atoms with Crippen LogP contribution in [-0.4, -0.2) is 51.0 Å². The van der Waals surface area contributed by atoms with Gasteiger partial charge in [-0.05, 0) is 63.7 Å². The normalized spacial score (nSPS) is 15.0. The Morgan fingerprint density at radius 1 is 1.12 bits per heavy atom. The Kier molecular flexibility index (Phi) is 14.3. The number of unbranched alkanes of at least 4 members (excludes halogenated alkanes) is 1. The molecule has 0 atom stereocenters. The van der Waals surface area contributed by atoms with E-state index >= 15 is 0 Å². The number of halogens is 3. The van der Waals surface area contributed by atoms with E-state index in [1.54, 1.807) is 13.2 Å². The lowest BCUT2D eigenvalue weighted by atomic mass is 10.0. The van der Waals surface area contributed by atoms with Gasteiger partial charge in [-0.1, -0.05) is 72.4 Å². The van der Waals surface area contributed by atoms with Gasteiger partial charge in [0.1, 0.15) is 5.82 Å². The summed E-state index contributed by atoms with van der Waals surface area (Å²) in [4.78, 5) is 30.0. The maximum Gasteiger partial charge on any atom is 0.434 e. The standard InChI is InChI=1S/C19H25N4OP.C15H17F3N2.C3H8/c1-6-20-17(13-7-8-13)16(12(3)25(4)5)18-22-11(2)15-14(23-18)9-10-21-19(15)24;1-3-4-5-11-6-8-12(9-7-11)14-19-13(10-20(14)2)15(16,17)18;1-3-2/h6,13H,1,7-10H2,2-5H3,(H,21,24);6-10H,3-5H2,1-2H3;3H2,1-2H3/b16-12-,20-17?;;. The highest BCUT2D eigenvalue weighted by atomic mass is 31.1. The number of imidazole rings is 1. The third kappa shape index (κ3) is 10.2. The summed E-state index contributed by atoms with van der Waals surface area (Å²) >= 11 is 0. The Hall–Kier alpha value is -3.65. The third-order valence-corrected chi connectivity index (χ3v) is 9.51. The first kappa shape index (κ1) is 38.8. The van der Waals surface area contributed by atoms with E-state index in [0.29, 0.717) is 35.2 Å². The van der Waals surface area contributed by atoms with Crippen molar-refractivity contribution in [2.45, 2.75) is 85.7 Å². The number of nitrogens with zero attached hydrogens (tertiary/aromatic N) is 5. The van der Waals surface area contributed by atoms with Crippen molar-refractivity contribution in [1.82, 2.24) is 24.8 Å². The maximum atomic E-state index is 12.6. The van der Waals surface area contributed by atoms with Crippen molar-refractivity contribution in [2.24, 2.45) is 18.0 Å². The quantitative estimate of drug-likeness (QED) is 0.180. The molecule has 2 aliphatic rings. The molecule has 0 bridgehead atoms. The van der Waals surface area contributed by atoms with Crippen LogP contribution in [0.2, 0.25) is 0 Å². The van der Waals surface area contributed by atoms with Crippen molar-refractivity contribution in [3.8, 4) is 11.4 Å². The van der Waals surface area contributed by atoms with Crippen LogP contribution in [0, 0.1) is 12.8 Å². The van der Waals surface area contributed by atoms with E-state index in [1.807, 2.05) is 31.2 Å². The number of aromatic nitrogens is 4. The Labute approximate surface area is 285 Å². The molecule has 3 aromatic rings. The number of rotatable bonds is 9. The zero-order valence-electron chi connectivity index (χ0n) is 29.6. The molecule has 7 nitrogen and oxygen atoms in total. The van der Waals surface area contributed by atoms with Crippen LogP contribution >= 0.6 is 7.92 Å². The summed E-state index contributed by atoms with van der Waals surface area (Å²) in [5.41, 5.74) is 5.39. The van der Waals surface area contributed by atoms with Gasteiger partial charge in [0.25, 0.3) is 5.91 Å². The largest absolute Gasteiger partial charge is 0.434 e. The van der Waals surface area contributed by atoms with Crippen LogP contribution in [0.3, 0.4) is 0 Å². The minimum atomic E-state index is -4.41. The van der Waals surface area contributed by atoms with Crippen LogP contribution in [0.25, 0.3) is 17.0 Å². The second kappa shape index (κ2) is 17.7. The second-order valence-electron chi connectivity index (χ2n) is 12.4. The lowest BCUT2D eigenvalue weighted by molar-refractivity contribution is -0.140. The van der Waals surface area contributed by atoms with E-state index in [1.165, 1.54) is 21.9 Å². The van der Waals surface area contributed by atoms with Gasteiger partial charge in [-0.2, -0.15) is 13.2 Å². The van der Waals surface area contributed by atoms with Gasteiger partial charge in [-0.3, -0.25) is 9.79 Å². The molecule has 1 amide bonds. The highest BCUT2D eigenvalue weighted by Crippen LogP contribution is 2.45. The number of carbonyl (C=O) groups excluding carboxylic acids is 1. The third-order valence-electron chi connectivity index (χ3n) is 7.94. The first-order valence-corrected chi connectivity index (χ1v) is 18.9. The first-order chi connectivity index (χ1) is 22.8.